The van der Waals surface area contributed by atoms with Crippen LogP contribution >= 0.6 is 0 Å². The van der Waals surface area contributed by atoms with Crippen molar-refractivity contribution in [3.8, 4) is 0 Å². The summed E-state index contributed by atoms with van der Waals surface area (Å²) in [4.78, 5) is 0. The maximum atomic E-state index is 0. The predicted octanol–water partition coefficient (Wildman–Crippen LogP) is -2.26. The molecule has 0 fully saturated rings. The number of rotatable bonds is 0. The summed E-state index contributed by atoms with van der Waals surface area (Å²) in [5.41, 5.74) is 0. The summed E-state index contributed by atoms with van der Waals surface area (Å²) in [6.07, 6.45) is 0. The van der Waals surface area contributed by atoms with E-state index in [1.807, 2.05) is 0 Å². The SMILES string of the molecule is [AlH3].[Cu].[Fe].[H-].[H-].[Mg+2].[Nb].[SbH2]. The van der Waals surface area contributed by atoms with Gasteiger partial charge in [-0.2, -0.15) is 0 Å². The van der Waals surface area contributed by atoms with Crippen molar-refractivity contribution in [1.82, 2.24) is 0 Å². The van der Waals surface area contributed by atoms with Crippen LogP contribution in [0.25, 0.3) is 0 Å². The van der Waals surface area contributed by atoms with E-state index in [1.165, 1.54) is 0 Å². The Morgan fingerprint density at radius 1 is 1.17 bits per heavy atom. The van der Waals surface area contributed by atoms with Crippen molar-refractivity contribution >= 4 is 64.8 Å². The quantitative estimate of drug-likeness (QED) is 0.409. The molecule has 3 radical (unpaired) electrons. The van der Waals surface area contributed by atoms with E-state index in [4.69, 9.17) is 0 Å². The molecule has 0 amide bonds. The Balaban J connectivity index is 0. The Hall–Kier alpha value is 3.90. The molecule has 0 rings (SSSR count). The van der Waals surface area contributed by atoms with Crippen molar-refractivity contribution in [3.05, 3.63) is 0 Å². The fourth-order valence-electron chi connectivity index (χ4n) is 0. The summed E-state index contributed by atoms with van der Waals surface area (Å²) in [5.74, 6) is 0. The molecule has 0 saturated heterocycles. The van der Waals surface area contributed by atoms with Gasteiger partial charge in [0, 0.05) is 56.5 Å². The molecule has 0 bridgehead atoms. The fraction of sp³-hybridized carbons (Fsp3) is 0. The molecule has 6 heavy (non-hydrogen) atoms. The summed E-state index contributed by atoms with van der Waals surface area (Å²) in [6.45, 7) is 0. The van der Waals surface area contributed by atoms with Crippen LogP contribution in [0.4, 0.5) is 0 Å². The molecule has 0 aliphatic rings. The Bertz CT molecular complexity index is 22.0. The van der Waals surface area contributed by atoms with Crippen molar-refractivity contribution in [2.45, 2.75) is 0 Å². The van der Waals surface area contributed by atoms with Crippen molar-refractivity contribution in [3.63, 3.8) is 0 Å². The van der Waals surface area contributed by atoms with E-state index in [9.17, 15) is 0 Å². The summed E-state index contributed by atoms with van der Waals surface area (Å²) in [6, 6.07) is 0. The normalized spacial score (nSPS) is 0. The standard InChI is InChI=1S/Al.Cu.Fe.Mg.Nb.Sb.7H/q;;;+2;;;;;;;;2*-1. The second-order valence-electron chi connectivity index (χ2n) is 0. The zero-order valence-corrected chi connectivity index (χ0v) is 11.3. The van der Waals surface area contributed by atoms with Gasteiger partial charge in [-0.1, -0.05) is 0 Å². The fourth-order valence-corrected chi connectivity index (χ4v) is 0. The molecule has 0 unspecified atom stereocenters. The van der Waals surface area contributed by atoms with Gasteiger partial charge in [0.25, 0.3) is 0 Å². The van der Waals surface area contributed by atoms with Crippen LogP contribution in [0.1, 0.15) is 2.85 Å². The maximum absolute atomic E-state index is 0. The van der Waals surface area contributed by atoms with E-state index in [1.54, 1.807) is 0 Å². The minimum absolute atomic E-state index is 0. The number of hydrogen-bond acceptors (Lipinski definition) is 0. The van der Waals surface area contributed by atoms with Crippen LogP contribution in [0.5, 0.6) is 0 Å². The van der Waals surface area contributed by atoms with Crippen molar-refractivity contribution in [2.24, 2.45) is 0 Å². The molecular weight excluding hydrogens is 385 g/mol. The van der Waals surface area contributed by atoms with Crippen molar-refractivity contribution in [2.75, 3.05) is 0 Å². The Kier molecular flexibility index (Phi) is 314. The monoisotopic (exact) mass is 391 g/mol. The van der Waals surface area contributed by atoms with Gasteiger partial charge in [0.2, 0.25) is 0 Å². The minimum atomic E-state index is 0. The molecule has 0 saturated carbocycles. The average molecular weight is 392 g/mol. The molecule has 0 spiro atoms. The first kappa shape index (κ1) is 51.6. The molecule has 0 N–H and O–H groups in total. The van der Waals surface area contributed by atoms with Gasteiger partial charge >= 0.3 is 47.5 Å². The Morgan fingerprint density at radius 3 is 1.17 bits per heavy atom. The average Bonchev–Trinajstić information content (AvgIpc) is 0. The van der Waals surface area contributed by atoms with Crippen LogP contribution in [0.15, 0.2) is 0 Å². The summed E-state index contributed by atoms with van der Waals surface area (Å²) in [7, 11) is 0. The summed E-state index contributed by atoms with van der Waals surface area (Å²) >= 11 is 0. The predicted molar refractivity (Wildman–Crippen MR) is 26.5 cm³/mol. The molecule has 0 heterocycles. The first-order chi connectivity index (χ1) is 0. The zero-order chi connectivity index (χ0) is 0. The third-order valence-electron chi connectivity index (χ3n) is 0. The van der Waals surface area contributed by atoms with Gasteiger partial charge in [0.1, 0.15) is 0 Å². The number of hydrogen-bond donors (Lipinski definition) is 0. The van der Waals surface area contributed by atoms with E-state index < -0.39 is 0 Å². The van der Waals surface area contributed by atoms with Crippen molar-refractivity contribution < 1.29 is 59.4 Å². The van der Waals surface area contributed by atoms with Crippen molar-refractivity contribution in [1.29, 1.82) is 0 Å². The summed E-state index contributed by atoms with van der Waals surface area (Å²) < 4.78 is 0. The van der Waals surface area contributed by atoms with Crippen LogP contribution in [0, 0.1) is 0 Å². The first-order valence-corrected chi connectivity index (χ1v) is 0. The Morgan fingerprint density at radius 2 is 1.17 bits per heavy atom. The van der Waals surface area contributed by atoms with Crippen LogP contribution in [0.2, 0.25) is 0 Å². The molecule has 0 aliphatic carbocycles. The topological polar surface area (TPSA) is 0 Å². The third-order valence-corrected chi connectivity index (χ3v) is 0. The molecule has 0 aliphatic heterocycles. The van der Waals surface area contributed by atoms with Gasteiger partial charge in [0.15, 0.2) is 17.4 Å². The zero-order valence-electron chi connectivity index (χ0n) is 4.39. The van der Waals surface area contributed by atoms with Gasteiger partial charge in [-0.25, -0.2) is 0 Å². The molecule has 0 aromatic carbocycles. The van der Waals surface area contributed by atoms with E-state index in [0.29, 0.717) is 0 Å². The molecule has 41 valence electrons. The third kappa shape index (κ3) is 24.7. The van der Waals surface area contributed by atoms with Gasteiger partial charge in [-0.05, 0) is 0 Å². The first-order valence-electron chi connectivity index (χ1n) is 0. The second kappa shape index (κ2) is 36.5. The van der Waals surface area contributed by atoms with Crippen LogP contribution in [-0.2, 0) is 56.5 Å². The van der Waals surface area contributed by atoms with Crippen LogP contribution in [0.3, 0.4) is 0 Å². The van der Waals surface area contributed by atoms with E-state index in [-0.39, 0.29) is 124 Å². The van der Waals surface area contributed by atoms with E-state index in [2.05, 4.69) is 0 Å². The Labute approximate surface area is 122 Å². The molecule has 0 nitrogen and oxygen atoms in total. The van der Waals surface area contributed by atoms with Gasteiger partial charge < -0.3 is 2.85 Å². The van der Waals surface area contributed by atoms with Gasteiger partial charge in [0.05, 0.1) is 0 Å². The van der Waals surface area contributed by atoms with Gasteiger partial charge in [-0.3, -0.25) is 0 Å². The van der Waals surface area contributed by atoms with E-state index >= 15 is 0 Å². The van der Waals surface area contributed by atoms with Crippen LogP contribution < -0.4 is 0 Å². The van der Waals surface area contributed by atoms with Gasteiger partial charge in [-0.15, -0.1) is 0 Å². The molecular formula is H7AlCuFeMgNbSb. The molecule has 0 aromatic rings. The van der Waals surface area contributed by atoms with Crippen LogP contribution in [-0.4, -0.2) is 64.8 Å². The molecule has 0 aromatic heterocycles. The molecule has 0 atom stereocenters. The second-order valence-corrected chi connectivity index (χ2v) is 0. The molecule has 6 heteroatoms. The summed E-state index contributed by atoms with van der Waals surface area (Å²) in [5, 5.41) is 0. The van der Waals surface area contributed by atoms with E-state index in [0.717, 1.165) is 0 Å².